The minimum Gasteiger partial charge on any atom is -0.309 e. The summed E-state index contributed by atoms with van der Waals surface area (Å²) in [7, 11) is 0. The predicted molar refractivity (Wildman–Crippen MR) is 215 cm³/mol. The summed E-state index contributed by atoms with van der Waals surface area (Å²) in [5.74, 6) is 0. The lowest BCUT2D eigenvalue weighted by Crippen LogP contribution is -2.17. The number of hydrogen-bond donors (Lipinski definition) is 0. The first kappa shape index (κ1) is 29.5. The summed E-state index contributed by atoms with van der Waals surface area (Å²) in [6.07, 6.45) is 0. The fourth-order valence-electron chi connectivity index (χ4n) is 9.07. The maximum Gasteiger partial charge on any atom is 0.0543 e. The molecule has 1 heterocycles. The van der Waals surface area contributed by atoms with E-state index < -0.39 is 0 Å². The maximum absolute atomic E-state index is 2.55. The second-order valence-electron chi connectivity index (χ2n) is 14.9. The van der Waals surface area contributed by atoms with Crippen LogP contribution in [-0.4, -0.2) is 0 Å². The number of thiophene rings is 1. The molecule has 0 atom stereocenters. The maximum atomic E-state index is 2.55. The number of benzene rings is 7. The number of anilines is 3. The molecule has 0 saturated carbocycles. The Hall–Kier alpha value is -5.44. The summed E-state index contributed by atoms with van der Waals surface area (Å²) in [4.78, 5) is 2.55. The highest BCUT2D eigenvalue weighted by molar-refractivity contribution is 7.25. The molecule has 8 aromatic rings. The van der Waals surface area contributed by atoms with Crippen LogP contribution in [0.4, 0.5) is 17.1 Å². The summed E-state index contributed by atoms with van der Waals surface area (Å²) in [6.45, 7) is 9.46. The Balaban J connectivity index is 1.29. The first-order valence-corrected chi connectivity index (χ1v) is 18.4. The third-order valence-corrected chi connectivity index (χ3v) is 12.6. The summed E-state index contributed by atoms with van der Waals surface area (Å²) < 4.78 is 2.64. The van der Waals surface area contributed by atoms with Crippen LogP contribution in [0.3, 0.4) is 0 Å². The summed E-state index contributed by atoms with van der Waals surface area (Å²) in [5, 5.41) is 2.65. The minimum absolute atomic E-state index is 0.0558. The second kappa shape index (κ2) is 10.5. The van der Waals surface area contributed by atoms with Crippen LogP contribution >= 0.6 is 11.3 Å². The largest absolute Gasteiger partial charge is 0.309 e. The van der Waals surface area contributed by atoms with Gasteiger partial charge in [0.05, 0.1) is 11.4 Å². The molecule has 0 fully saturated rings. The number of hydrogen-bond acceptors (Lipinski definition) is 2. The lowest BCUT2D eigenvalue weighted by atomic mass is 9.82. The molecule has 0 spiro atoms. The van der Waals surface area contributed by atoms with Crippen LogP contribution in [0.5, 0.6) is 0 Å². The van der Waals surface area contributed by atoms with E-state index in [2.05, 4.69) is 184 Å². The van der Waals surface area contributed by atoms with Crippen molar-refractivity contribution in [3.05, 3.63) is 174 Å². The highest BCUT2D eigenvalue weighted by atomic mass is 32.1. The SMILES string of the molecule is CC1(C)c2ccccc2-c2cc(N(c3ccccc3-c3cccc4sc5ccccc5c34)c3cccc4c3-c3ccccc3C4(C)C)ccc21. The standard InChI is InChI=1S/C48H37NS/c1-47(2)37-20-9-5-15-31(37)36-29-30(27-28-39(36)47)49(42-24-14-22-40-46(42)34-17-6-10-21-38(34)48(40,3)4)41-23-11-7-16-32(41)33-19-13-26-44-45(33)35-18-8-12-25-43(35)50-44/h5-29H,1-4H3. The molecule has 2 heteroatoms. The Kier molecular flexibility index (Phi) is 6.21. The van der Waals surface area contributed by atoms with Gasteiger partial charge in [0.25, 0.3) is 0 Å². The number of fused-ring (bicyclic) bond motifs is 9. The van der Waals surface area contributed by atoms with Crippen LogP contribution in [0, 0.1) is 0 Å². The van der Waals surface area contributed by atoms with Crippen molar-refractivity contribution in [1.29, 1.82) is 0 Å². The molecule has 7 aromatic carbocycles. The Morgan fingerprint density at radius 3 is 1.82 bits per heavy atom. The molecule has 10 rings (SSSR count). The molecular weight excluding hydrogens is 623 g/mol. The average molecular weight is 660 g/mol. The van der Waals surface area contributed by atoms with Gasteiger partial charge in [-0.05, 0) is 80.9 Å². The topological polar surface area (TPSA) is 3.24 Å². The van der Waals surface area contributed by atoms with Gasteiger partial charge in [-0.3, -0.25) is 0 Å². The van der Waals surface area contributed by atoms with Gasteiger partial charge in [0.15, 0.2) is 0 Å². The Morgan fingerprint density at radius 2 is 0.980 bits per heavy atom. The number of rotatable bonds is 4. The van der Waals surface area contributed by atoms with Gasteiger partial charge in [0.1, 0.15) is 0 Å². The van der Waals surface area contributed by atoms with E-state index in [0.29, 0.717) is 0 Å². The zero-order chi connectivity index (χ0) is 33.8. The molecule has 0 aliphatic heterocycles. The minimum atomic E-state index is -0.102. The third-order valence-electron chi connectivity index (χ3n) is 11.5. The fraction of sp³-hybridized carbons (Fsp3) is 0.125. The Morgan fingerprint density at radius 1 is 0.420 bits per heavy atom. The fourth-order valence-corrected chi connectivity index (χ4v) is 10.2. The van der Waals surface area contributed by atoms with Crippen LogP contribution in [0.15, 0.2) is 152 Å². The molecule has 0 unspecified atom stereocenters. The van der Waals surface area contributed by atoms with E-state index in [-0.39, 0.29) is 10.8 Å². The zero-order valence-corrected chi connectivity index (χ0v) is 29.6. The summed E-state index contributed by atoms with van der Waals surface area (Å²) in [6, 6.07) is 56.8. The van der Waals surface area contributed by atoms with Crippen molar-refractivity contribution in [3.8, 4) is 33.4 Å². The van der Waals surface area contributed by atoms with Crippen molar-refractivity contribution in [1.82, 2.24) is 0 Å². The van der Waals surface area contributed by atoms with Gasteiger partial charge in [-0.25, -0.2) is 0 Å². The molecular formula is C48H37NS. The van der Waals surface area contributed by atoms with Gasteiger partial charge in [-0.1, -0.05) is 143 Å². The van der Waals surface area contributed by atoms with Crippen molar-refractivity contribution in [3.63, 3.8) is 0 Å². The van der Waals surface area contributed by atoms with E-state index in [9.17, 15) is 0 Å². The molecule has 240 valence electrons. The molecule has 2 aliphatic carbocycles. The smallest absolute Gasteiger partial charge is 0.0543 e. The second-order valence-corrected chi connectivity index (χ2v) is 16.0. The van der Waals surface area contributed by atoms with E-state index in [1.807, 2.05) is 11.3 Å². The molecule has 0 bridgehead atoms. The molecule has 0 N–H and O–H groups in total. The number of nitrogens with zero attached hydrogens (tertiary/aromatic N) is 1. The zero-order valence-electron chi connectivity index (χ0n) is 28.8. The molecule has 2 aliphatic rings. The van der Waals surface area contributed by atoms with Gasteiger partial charge in [0.2, 0.25) is 0 Å². The third kappa shape index (κ3) is 4.00. The Bertz CT molecular complexity index is 2670. The molecule has 0 saturated heterocycles. The first-order chi connectivity index (χ1) is 24.3. The predicted octanol–water partition coefficient (Wildman–Crippen LogP) is 13.8. The van der Waals surface area contributed by atoms with E-state index in [0.717, 1.165) is 0 Å². The molecule has 1 nitrogen and oxygen atoms in total. The normalized spacial score (nSPS) is 14.7. The molecule has 0 amide bonds. The van der Waals surface area contributed by atoms with E-state index >= 15 is 0 Å². The van der Waals surface area contributed by atoms with Crippen molar-refractivity contribution in [2.24, 2.45) is 0 Å². The average Bonchev–Trinajstić information content (AvgIpc) is 3.72. The highest BCUT2D eigenvalue weighted by Crippen LogP contribution is 2.56. The molecule has 50 heavy (non-hydrogen) atoms. The van der Waals surface area contributed by atoms with Crippen molar-refractivity contribution in [2.75, 3.05) is 4.90 Å². The van der Waals surface area contributed by atoms with Crippen molar-refractivity contribution < 1.29 is 0 Å². The number of para-hydroxylation sites is 1. The van der Waals surface area contributed by atoms with E-state index in [1.54, 1.807) is 0 Å². The highest BCUT2D eigenvalue weighted by Gasteiger charge is 2.39. The van der Waals surface area contributed by atoms with Gasteiger partial charge in [-0.15, -0.1) is 11.3 Å². The van der Waals surface area contributed by atoms with Crippen LogP contribution < -0.4 is 4.90 Å². The first-order valence-electron chi connectivity index (χ1n) is 17.6. The van der Waals surface area contributed by atoms with Gasteiger partial charge < -0.3 is 4.90 Å². The monoisotopic (exact) mass is 659 g/mol. The van der Waals surface area contributed by atoms with Crippen LogP contribution in [0.25, 0.3) is 53.6 Å². The van der Waals surface area contributed by atoms with Crippen LogP contribution in [0.2, 0.25) is 0 Å². The van der Waals surface area contributed by atoms with Gasteiger partial charge in [-0.2, -0.15) is 0 Å². The van der Waals surface area contributed by atoms with Crippen LogP contribution in [0.1, 0.15) is 49.9 Å². The van der Waals surface area contributed by atoms with Crippen molar-refractivity contribution in [2.45, 2.75) is 38.5 Å². The van der Waals surface area contributed by atoms with E-state index in [4.69, 9.17) is 0 Å². The lowest BCUT2D eigenvalue weighted by molar-refractivity contribution is 0.660. The van der Waals surface area contributed by atoms with Crippen molar-refractivity contribution >= 4 is 48.6 Å². The Labute approximate surface area is 298 Å². The molecule has 1 aromatic heterocycles. The van der Waals surface area contributed by atoms with Gasteiger partial charge >= 0.3 is 0 Å². The summed E-state index contributed by atoms with van der Waals surface area (Å²) >= 11 is 1.88. The van der Waals surface area contributed by atoms with E-state index in [1.165, 1.54) is 92.9 Å². The van der Waals surface area contributed by atoms with Gasteiger partial charge in [0, 0.05) is 47.8 Å². The lowest BCUT2D eigenvalue weighted by Gasteiger charge is -2.31. The quantitative estimate of drug-likeness (QED) is 0.182. The summed E-state index contributed by atoms with van der Waals surface area (Å²) in [5.41, 5.74) is 16.7. The molecule has 0 radical (unpaired) electrons. The van der Waals surface area contributed by atoms with Crippen LogP contribution in [-0.2, 0) is 10.8 Å².